The number of imidazole rings is 1. The monoisotopic (exact) mass is 487 g/mol. The molecule has 0 aliphatic carbocycles. The smallest absolute Gasteiger partial charge is 0.273 e. The Morgan fingerprint density at radius 1 is 0.944 bits per heavy atom. The lowest BCUT2D eigenvalue weighted by Crippen LogP contribution is -2.64. The minimum Gasteiger partial charge on any atom is -0.350 e. The van der Waals surface area contributed by atoms with Gasteiger partial charge in [0.2, 0.25) is 5.91 Å². The Labute approximate surface area is 211 Å². The maximum absolute atomic E-state index is 13.6. The predicted octanol–water partition coefficient (Wildman–Crippen LogP) is 3.37. The number of aromatic nitrogens is 2. The molecule has 0 fully saturated rings. The van der Waals surface area contributed by atoms with Crippen molar-refractivity contribution in [3.8, 4) is 0 Å². The fourth-order valence-electron chi connectivity index (χ4n) is 4.48. The van der Waals surface area contributed by atoms with Gasteiger partial charge in [-0.3, -0.25) is 14.4 Å². The van der Waals surface area contributed by atoms with Gasteiger partial charge in [-0.1, -0.05) is 66.6 Å². The van der Waals surface area contributed by atoms with E-state index in [-0.39, 0.29) is 29.7 Å². The lowest BCUT2D eigenvalue weighted by molar-refractivity contribution is -0.133. The number of hydrogen-bond donors (Lipinski definition) is 2. The lowest BCUT2D eigenvalue weighted by Gasteiger charge is -2.43. The Kier molecular flexibility index (Phi) is 7.24. The average Bonchev–Trinajstić information content (AvgIpc) is 3.29. The van der Waals surface area contributed by atoms with Gasteiger partial charge in [0.05, 0.1) is 12.9 Å². The van der Waals surface area contributed by atoms with Gasteiger partial charge < -0.3 is 20.1 Å². The predicted molar refractivity (Wildman–Crippen MR) is 137 cm³/mol. The third-order valence-corrected chi connectivity index (χ3v) is 6.66. The summed E-state index contributed by atoms with van der Waals surface area (Å²) in [6, 6.07) is 15.8. The summed E-state index contributed by atoms with van der Waals surface area (Å²) in [5, 5.41) is 5.85. The van der Waals surface area contributed by atoms with Crippen molar-refractivity contribution >= 4 is 17.7 Å². The molecule has 0 saturated carbocycles. The summed E-state index contributed by atoms with van der Waals surface area (Å²) in [6.45, 7) is 9.05. The first-order chi connectivity index (χ1) is 17.2. The maximum atomic E-state index is 13.6. The molecule has 1 aromatic heterocycles. The molecule has 36 heavy (non-hydrogen) atoms. The molecule has 2 heterocycles. The van der Waals surface area contributed by atoms with Crippen LogP contribution in [0, 0.1) is 13.8 Å². The molecule has 8 nitrogen and oxygen atoms in total. The first kappa shape index (κ1) is 25.2. The van der Waals surface area contributed by atoms with Gasteiger partial charge >= 0.3 is 0 Å². The summed E-state index contributed by atoms with van der Waals surface area (Å²) in [7, 11) is 0. The van der Waals surface area contributed by atoms with E-state index in [4.69, 9.17) is 0 Å². The van der Waals surface area contributed by atoms with Crippen molar-refractivity contribution in [1.82, 2.24) is 25.1 Å². The van der Waals surface area contributed by atoms with Crippen molar-refractivity contribution in [2.24, 2.45) is 0 Å². The van der Waals surface area contributed by atoms with Gasteiger partial charge in [-0.05, 0) is 38.3 Å². The van der Waals surface area contributed by atoms with Crippen LogP contribution in [-0.2, 0) is 24.4 Å². The molecule has 0 unspecified atom stereocenters. The fraction of sp³-hybridized carbons (Fsp3) is 0.357. The zero-order valence-electron chi connectivity index (χ0n) is 21.3. The van der Waals surface area contributed by atoms with Crippen molar-refractivity contribution in [3.63, 3.8) is 0 Å². The highest BCUT2D eigenvalue weighted by molar-refractivity contribution is 6.07. The minimum atomic E-state index is -1.11. The number of benzene rings is 2. The lowest BCUT2D eigenvalue weighted by atomic mass is 9.93. The Hall–Kier alpha value is -3.94. The van der Waals surface area contributed by atoms with Crippen LogP contribution in [0.5, 0.6) is 0 Å². The molecule has 8 heteroatoms. The van der Waals surface area contributed by atoms with E-state index in [2.05, 4.69) is 15.6 Å². The first-order valence-electron chi connectivity index (χ1n) is 12.3. The normalized spacial score (nSPS) is 17.0. The summed E-state index contributed by atoms with van der Waals surface area (Å²) >= 11 is 0. The van der Waals surface area contributed by atoms with E-state index >= 15 is 0 Å². The van der Waals surface area contributed by atoms with E-state index in [1.165, 1.54) is 6.33 Å². The number of carbonyl (C=O) groups is 3. The van der Waals surface area contributed by atoms with Crippen LogP contribution in [-0.4, -0.2) is 44.3 Å². The molecule has 1 atom stereocenters. The van der Waals surface area contributed by atoms with Crippen molar-refractivity contribution in [2.75, 3.05) is 6.54 Å². The van der Waals surface area contributed by atoms with Crippen LogP contribution >= 0.6 is 0 Å². The molecular formula is C28H33N5O3. The Bertz CT molecular complexity index is 1260. The van der Waals surface area contributed by atoms with E-state index < -0.39 is 11.4 Å². The first-order valence-corrected chi connectivity index (χ1v) is 12.3. The largest absolute Gasteiger partial charge is 0.350 e. The van der Waals surface area contributed by atoms with Crippen molar-refractivity contribution in [1.29, 1.82) is 0 Å². The second-order valence-corrected chi connectivity index (χ2v) is 9.64. The molecule has 3 amide bonds. The topological polar surface area (TPSA) is 96.3 Å². The van der Waals surface area contributed by atoms with Gasteiger partial charge in [0.25, 0.3) is 11.8 Å². The molecule has 4 rings (SSSR count). The van der Waals surface area contributed by atoms with Gasteiger partial charge in [0.15, 0.2) is 5.69 Å². The van der Waals surface area contributed by atoms with Gasteiger partial charge in [0.1, 0.15) is 11.2 Å². The van der Waals surface area contributed by atoms with E-state index in [1.807, 2.05) is 69.3 Å². The highest BCUT2D eigenvalue weighted by atomic mass is 16.2. The second kappa shape index (κ2) is 10.4. The quantitative estimate of drug-likeness (QED) is 0.509. The zero-order chi connectivity index (χ0) is 25.9. The summed E-state index contributed by atoms with van der Waals surface area (Å²) in [5.41, 5.74) is 3.41. The van der Waals surface area contributed by atoms with E-state index in [1.54, 1.807) is 16.4 Å². The standard InChI is InChI=1S/C28H33N5O3/c1-5-14-33-26(35)24-23(25(34)29-15-21-10-6-19(2)7-11-21)31-18-32(24)17-28(33,4)27(36)30-16-22-12-8-20(3)9-13-22/h6-13,18H,5,14-17H2,1-4H3,(H,29,34)(H,30,36)/t28-/m0/s1. The molecule has 2 N–H and O–H groups in total. The Morgan fingerprint density at radius 2 is 1.50 bits per heavy atom. The highest BCUT2D eigenvalue weighted by Crippen LogP contribution is 2.29. The minimum absolute atomic E-state index is 0.0790. The zero-order valence-corrected chi connectivity index (χ0v) is 21.3. The highest BCUT2D eigenvalue weighted by Gasteiger charge is 2.48. The van der Waals surface area contributed by atoms with Crippen LogP contribution in [0.1, 0.15) is 63.5 Å². The molecule has 0 spiro atoms. The van der Waals surface area contributed by atoms with Crippen LogP contribution in [0.4, 0.5) is 0 Å². The third kappa shape index (κ3) is 5.03. The van der Waals surface area contributed by atoms with Crippen LogP contribution in [0.15, 0.2) is 54.9 Å². The fourth-order valence-corrected chi connectivity index (χ4v) is 4.48. The molecule has 188 valence electrons. The van der Waals surface area contributed by atoms with Crippen LogP contribution < -0.4 is 10.6 Å². The molecule has 0 saturated heterocycles. The van der Waals surface area contributed by atoms with Gasteiger partial charge in [-0.15, -0.1) is 0 Å². The second-order valence-electron chi connectivity index (χ2n) is 9.64. The number of carbonyl (C=O) groups excluding carboxylic acids is 3. The number of fused-ring (bicyclic) bond motifs is 1. The van der Waals surface area contributed by atoms with Crippen LogP contribution in [0.3, 0.4) is 0 Å². The van der Waals surface area contributed by atoms with Crippen molar-refractivity contribution in [3.05, 3.63) is 88.5 Å². The van der Waals surface area contributed by atoms with Gasteiger partial charge in [-0.2, -0.15) is 0 Å². The maximum Gasteiger partial charge on any atom is 0.273 e. The molecule has 2 aromatic carbocycles. The molecule has 0 radical (unpaired) electrons. The molecule has 1 aliphatic rings. The number of rotatable bonds is 8. The molecule has 1 aliphatic heterocycles. The third-order valence-electron chi connectivity index (χ3n) is 6.66. The van der Waals surface area contributed by atoms with Crippen molar-refractivity contribution in [2.45, 2.75) is 59.3 Å². The van der Waals surface area contributed by atoms with Crippen LogP contribution in [0.2, 0.25) is 0 Å². The number of hydrogen-bond acceptors (Lipinski definition) is 4. The average molecular weight is 488 g/mol. The van der Waals surface area contributed by atoms with E-state index in [0.29, 0.717) is 26.1 Å². The summed E-state index contributed by atoms with van der Waals surface area (Å²) < 4.78 is 1.63. The molecule has 0 bridgehead atoms. The SMILES string of the molecule is CCCN1C(=O)c2c(C(=O)NCc3ccc(C)cc3)ncn2C[C@@]1(C)C(=O)NCc1ccc(C)cc1. The summed E-state index contributed by atoms with van der Waals surface area (Å²) in [6.07, 6.45) is 2.15. The summed E-state index contributed by atoms with van der Waals surface area (Å²) in [5.74, 6) is -1.02. The summed E-state index contributed by atoms with van der Waals surface area (Å²) in [4.78, 5) is 45.9. The van der Waals surface area contributed by atoms with Crippen LogP contribution in [0.25, 0.3) is 0 Å². The number of aryl methyl sites for hydroxylation is 2. The number of nitrogens with one attached hydrogen (secondary N) is 2. The number of nitrogens with zero attached hydrogens (tertiary/aromatic N) is 3. The Morgan fingerprint density at radius 3 is 2.06 bits per heavy atom. The molecular weight excluding hydrogens is 454 g/mol. The van der Waals surface area contributed by atoms with E-state index in [9.17, 15) is 14.4 Å². The van der Waals surface area contributed by atoms with Gasteiger partial charge in [-0.25, -0.2) is 4.98 Å². The Balaban J connectivity index is 1.53. The molecule has 3 aromatic rings. The van der Waals surface area contributed by atoms with Gasteiger partial charge in [0, 0.05) is 19.6 Å². The van der Waals surface area contributed by atoms with E-state index in [0.717, 1.165) is 22.3 Å². The number of amides is 3. The van der Waals surface area contributed by atoms with Crippen molar-refractivity contribution < 1.29 is 14.4 Å².